The molecule has 4 aromatic rings. The third-order valence-electron chi connectivity index (χ3n) is 4.10. The average molecular weight is 359 g/mol. The van der Waals surface area contributed by atoms with Crippen LogP contribution >= 0.6 is 12.2 Å². The van der Waals surface area contributed by atoms with Crippen molar-refractivity contribution in [3.8, 4) is 28.2 Å². The Morgan fingerprint density at radius 1 is 0.846 bits per heavy atom. The van der Waals surface area contributed by atoms with Crippen LogP contribution in [-0.2, 0) is 0 Å². The van der Waals surface area contributed by atoms with Crippen LogP contribution in [-0.4, -0.2) is 20.1 Å². The molecule has 0 fully saturated rings. The maximum atomic E-state index is 13.3. The number of thiocarbonyl (C=S) groups is 1. The number of nitrogens with zero attached hydrogens (tertiary/aromatic N) is 3. The van der Waals surface area contributed by atoms with Gasteiger partial charge in [0.05, 0.1) is 17.1 Å². The minimum atomic E-state index is -0.276. The van der Waals surface area contributed by atoms with E-state index in [0.29, 0.717) is 0 Å². The van der Waals surface area contributed by atoms with E-state index in [9.17, 15) is 4.39 Å². The van der Waals surface area contributed by atoms with E-state index in [4.69, 9.17) is 17.3 Å². The van der Waals surface area contributed by atoms with Gasteiger partial charge in [-0.15, -0.1) is 0 Å². The Morgan fingerprint density at radius 2 is 1.54 bits per heavy atom. The van der Waals surface area contributed by atoms with Gasteiger partial charge in [-0.05, 0) is 48.0 Å². The monoisotopic (exact) mass is 359 g/mol. The van der Waals surface area contributed by atoms with E-state index in [0.717, 1.165) is 33.8 Å². The van der Waals surface area contributed by atoms with Crippen molar-refractivity contribution in [3.63, 3.8) is 0 Å². The highest BCUT2D eigenvalue weighted by Gasteiger charge is 2.13. The van der Waals surface area contributed by atoms with Crippen molar-refractivity contribution >= 4 is 17.6 Å². The average Bonchev–Trinajstić information content (AvgIpc) is 3.15. The Labute approximate surface area is 155 Å². The van der Waals surface area contributed by atoms with Gasteiger partial charge in [0.15, 0.2) is 0 Å². The summed E-state index contributed by atoms with van der Waals surface area (Å²) in [5.74, 6) is -0.276. The zero-order chi connectivity index (χ0) is 17.9. The van der Waals surface area contributed by atoms with E-state index in [1.807, 2.05) is 47.1 Å². The minimum Gasteiger partial charge on any atom is -0.265 e. The highest BCUT2D eigenvalue weighted by atomic mass is 32.1. The molecule has 0 bridgehead atoms. The molecular weight excluding hydrogens is 345 g/mol. The molecule has 0 radical (unpaired) electrons. The zero-order valence-electron chi connectivity index (χ0n) is 13.7. The third kappa shape index (κ3) is 3.17. The Hall–Kier alpha value is -3.18. The maximum absolute atomic E-state index is 13.3. The number of benzene rings is 2. The molecule has 4 rings (SSSR count). The number of hydrogen-bond acceptors (Lipinski definition) is 3. The van der Waals surface area contributed by atoms with Crippen LogP contribution in [0.1, 0.15) is 5.56 Å². The lowest BCUT2D eigenvalue weighted by Crippen LogP contribution is -1.99. The molecule has 0 N–H and O–H groups in total. The first-order valence-electron chi connectivity index (χ1n) is 8.06. The topological polar surface area (TPSA) is 30.7 Å². The normalized spacial score (nSPS) is 10.7. The Balaban J connectivity index is 1.86. The van der Waals surface area contributed by atoms with Gasteiger partial charge in [-0.2, -0.15) is 5.10 Å². The lowest BCUT2D eigenvalue weighted by atomic mass is 10.1. The maximum Gasteiger partial charge on any atom is 0.123 e. The van der Waals surface area contributed by atoms with Crippen molar-refractivity contribution < 1.29 is 4.39 Å². The molecule has 0 aliphatic rings. The second-order valence-corrected chi connectivity index (χ2v) is 6.01. The van der Waals surface area contributed by atoms with Crippen molar-refractivity contribution in [3.05, 3.63) is 90.5 Å². The fraction of sp³-hybridized carbons (Fsp3) is 0. The summed E-state index contributed by atoms with van der Waals surface area (Å²) in [6.07, 6.45) is 3.48. The van der Waals surface area contributed by atoms with E-state index >= 15 is 0 Å². The van der Waals surface area contributed by atoms with Crippen molar-refractivity contribution in [1.29, 1.82) is 0 Å². The fourth-order valence-corrected chi connectivity index (χ4v) is 2.92. The summed E-state index contributed by atoms with van der Waals surface area (Å²) in [6, 6.07) is 20.1. The van der Waals surface area contributed by atoms with Crippen LogP contribution in [0, 0.1) is 5.82 Å². The molecule has 0 unspecified atom stereocenters. The second-order valence-electron chi connectivity index (χ2n) is 5.78. The largest absolute Gasteiger partial charge is 0.265 e. The van der Waals surface area contributed by atoms with Crippen molar-refractivity contribution in [2.24, 2.45) is 0 Å². The number of halogens is 1. The number of rotatable bonds is 4. The van der Waals surface area contributed by atoms with Crippen LogP contribution in [0.5, 0.6) is 0 Å². The molecule has 0 aliphatic heterocycles. The molecule has 26 heavy (non-hydrogen) atoms. The van der Waals surface area contributed by atoms with Gasteiger partial charge in [-0.25, -0.2) is 9.07 Å². The van der Waals surface area contributed by atoms with Crippen LogP contribution in [0.25, 0.3) is 28.2 Å². The highest BCUT2D eigenvalue weighted by Crippen LogP contribution is 2.28. The molecule has 0 saturated heterocycles. The van der Waals surface area contributed by atoms with Gasteiger partial charge in [-0.3, -0.25) is 4.98 Å². The van der Waals surface area contributed by atoms with Crippen LogP contribution in [0.15, 0.2) is 79.1 Å². The molecule has 2 aromatic heterocycles. The van der Waals surface area contributed by atoms with Gasteiger partial charge in [-0.1, -0.05) is 36.5 Å². The number of hydrogen-bond donors (Lipinski definition) is 0. The van der Waals surface area contributed by atoms with E-state index < -0.39 is 0 Å². The molecule has 2 aromatic carbocycles. The summed E-state index contributed by atoms with van der Waals surface area (Å²) in [6.45, 7) is 0. The molecule has 0 spiro atoms. The highest BCUT2D eigenvalue weighted by molar-refractivity contribution is 7.79. The van der Waals surface area contributed by atoms with E-state index in [1.54, 1.807) is 29.9 Å². The minimum absolute atomic E-state index is 0.276. The quantitative estimate of drug-likeness (QED) is 0.476. The molecule has 2 heterocycles. The number of pyridine rings is 1. The predicted molar refractivity (Wildman–Crippen MR) is 105 cm³/mol. The Bertz CT molecular complexity index is 1040. The third-order valence-corrected chi connectivity index (χ3v) is 4.37. The molecule has 5 heteroatoms. The van der Waals surface area contributed by atoms with Crippen molar-refractivity contribution in [2.75, 3.05) is 0 Å². The van der Waals surface area contributed by atoms with Crippen molar-refractivity contribution in [2.45, 2.75) is 0 Å². The first-order valence-corrected chi connectivity index (χ1v) is 8.54. The first kappa shape index (κ1) is 16.3. The van der Waals surface area contributed by atoms with E-state index in [2.05, 4.69) is 4.98 Å². The Morgan fingerprint density at radius 3 is 2.19 bits per heavy atom. The lowest BCUT2D eigenvalue weighted by molar-refractivity contribution is 0.627. The van der Waals surface area contributed by atoms with Gasteiger partial charge >= 0.3 is 0 Å². The Kier molecular flexibility index (Phi) is 4.37. The van der Waals surface area contributed by atoms with Crippen molar-refractivity contribution in [1.82, 2.24) is 14.8 Å². The SMILES string of the molecule is Fc1ccc(-n2nc(-c3ccc(C=S)cc3)cc2-c2ccncc2)cc1. The van der Waals surface area contributed by atoms with Crippen LogP contribution in [0.2, 0.25) is 0 Å². The molecule has 0 saturated carbocycles. The summed E-state index contributed by atoms with van der Waals surface area (Å²) < 4.78 is 15.1. The van der Waals surface area contributed by atoms with Gasteiger partial charge in [0, 0.05) is 28.9 Å². The van der Waals surface area contributed by atoms with Crippen LogP contribution in [0.4, 0.5) is 4.39 Å². The van der Waals surface area contributed by atoms with E-state index in [-0.39, 0.29) is 5.82 Å². The van der Waals surface area contributed by atoms with Gasteiger partial charge in [0.1, 0.15) is 5.82 Å². The van der Waals surface area contributed by atoms with Crippen LogP contribution in [0.3, 0.4) is 0 Å². The standard InChI is InChI=1S/C21H14FN3S/c22-18-5-7-19(8-6-18)25-21(17-9-11-23-12-10-17)13-20(24-25)16-3-1-15(14-26)2-4-16/h1-14H. The summed E-state index contributed by atoms with van der Waals surface area (Å²) in [7, 11) is 0. The summed E-state index contributed by atoms with van der Waals surface area (Å²) >= 11 is 4.96. The van der Waals surface area contributed by atoms with E-state index in [1.165, 1.54) is 12.1 Å². The smallest absolute Gasteiger partial charge is 0.123 e. The second kappa shape index (κ2) is 6.98. The van der Waals surface area contributed by atoms with Gasteiger partial charge in [0.2, 0.25) is 0 Å². The first-order chi connectivity index (χ1) is 12.7. The summed E-state index contributed by atoms with van der Waals surface area (Å²) in [4.78, 5) is 4.08. The molecular formula is C21H14FN3S. The zero-order valence-corrected chi connectivity index (χ0v) is 14.5. The molecule has 0 atom stereocenters. The predicted octanol–water partition coefficient (Wildman–Crippen LogP) is 5.09. The van der Waals surface area contributed by atoms with Gasteiger partial charge < -0.3 is 0 Å². The summed E-state index contributed by atoms with van der Waals surface area (Å²) in [5, 5.41) is 6.39. The molecule has 0 amide bonds. The van der Waals surface area contributed by atoms with Crippen LogP contribution < -0.4 is 0 Å². The molecule has 0 aliphatic carbocycles. The fourth-order valence-electron chi connectivity index (χ4n) is 2.76. The molecule has 126 valence electrons. The number of aromatic nitrogens is 3. The lowest BCUT2D eigenvalue weighted by Gasteiger charge is -2.07. The summed E-state index contributed by atoms with van der Waals surface area (Å²) in [5.41, 5.74) is 5.49. The van der Waals surface area contributed by atoms with Gasteiger partial charge in [0.25, 0.3) is 0 Å². The molecule has 3 nitrogen and oxygen atoms in total.